The van der Waals surface area contributed by atoms with E-state index in [-0.39, 0.29) is 5.91 Å². The van der Waals surface area contributed by atoms with E-state index in [1.165, 1.54) is 11.8 Å². The second-order valence-corrected chi connectivity index (χ2v) is 6.72. The molecule has 0 bridgehead atoms. The van der Waals surface area contributed by atoms with Crippen molar-refractivity contribution in [1.82, 2.24) is 14.9 Å². The minimum Gasteiger partial charge on any atom is -0.341 e. The SMILES string of the molecule is CN(Cc1ccccc1)C(=O)CSc1ncnc2ccsc12. The van der Waals surface area contributed by atoms with Gasteiger partial charge in [-0.3, -0.25) is 4.79 Å². The minimum atomic E-state index is 0.0946. The summed E-state index contributed by atoms with van der Waals surface area (Å²) in [7, 11) is 1.83. The quantitative estimate of drug-likeness (QED) is 0.531. The first-order valence-corrected chi connectivity index (χ1v) is 8.69. The number of aromatic nitrogens is 2. The zero-order valence-corrected chi connectivity index (χ0v) is 13.7. The number of benzene rings is 1. The molecule has 0 saturated carbocycles. The van der Waals surface area contributed by atoms with Crippen LogP contribution >= 0.6 is 23.1 Å². The van der Waals surface area contributed by atoms with Crippen LogP contribution in [0.4, 0.5) is 0 Å². The average Bonchev–Trinajstić information content (AvgIpc) is 3.02. The van der Waals surface area contributed by atoms with E-state index in [0.717, 1.165) is 20.8 Å². The highest BCUT2D eigenvalue weighted by Gasteiger charge is 2.12. The number of hydrogen-bond donors (Lipinski definition) is 0. The van der Waals surface area contributed by atoms with Gasteiger partial charge in [-0.1, -0.05) is 42.1 Å². The van der Waals surface area contributed by atoms with Crippen LogP contribution in [0.25, 0.3) is 10.2 Å². The molecule has 0 aliphatic carbocycles. The van der Waals surface area contributed by atoms with Gasteiger partial charge in [-0.15, -0.1) is 11.3 Å². The standard InChI is InChI=1S/C16H15N3OS2/c1-19(9-12-5-3-2-4-6-12)14(20)10-22-16-15-13(7-8-21-15)17-11-18-16/h2-8,11H,9-10H2,1H3. The fourth-order valence-corrected chi connectivity index (χ4v) is 3.94. The van der Waals surface area contributed by atoms with Gasteiger partial charge in [0.2, 0.25) is 5.91 Å². The average molecular weight is 329 g/mol. The first-order valence-electron chi connectivity index (χ1n) is 6.83. The number of thiophene rings is 1. The summed E-state index contributed by atoms with van der Waals surface area (Å²) in [5.41, 5.74) is 2.07. The van der Waals surface area contributed by atoms with Gasteiger partial charge in [-0.05, 0) is 17.0 Å². The topological polar surface area (TPSA) is 46.1 Å². The van der Waals surface area contributed by atoms with Gasteiger partial charge in [0.15, 0.2) is 0 Å². The van der Waals surface area contributed by atoms with Crippen LogP contribution in [0, 0.1) is 0 Å². The Bertz CT molecular complexity index is 773. The molecular formula is C16H15N3OS2. The monoisotopic (exact) mass is 329 g/mol. The van der Waals surface area contributed by atoms with Crippen molar-refractivity contribution in [3.63, 3.8) is 0 Å². The Balaban J connectivity index is 1.61. The predicted octanol–water partition coefficient (Wildman–Crippen LogP) is 3.44. The third-order valence-corrected chi connectivity index (χ3v) is 5.25. The van der Waals surface area contributed by atoms with Crippen LogP contribution in [0.15, 0.2) is 53.1 Å². The molecule has 1 amide bonds. The van der Waals surface area contributed by atoms with Gasteiger partial charge in [0.05, 0.1) is 16.0 Å². The van der Waals surface area contributed by atoms with E-state index in [1.807, 2.05) is 48.8 Å². The molecular weight excluding hydrogens is 314 g/mol. The molecule has 2 heterocycles. The van der Waals surface area contributed by atoms with Gasteiger partial charge in [-0.25, -0.2) is 9.97 Å². The van der Waals surface area contributed by atoms with Crippen molar-refractivity contribution >= 4 is 39.2 Å². The Morgan fingerprint density at radius 1 is 1.23 bits per heavy atom. The summed E-state index contributed by atoms with van der Waals surface area (Å²) in [6.07, 6.45) is 1.55. The molecule has 22 heavy (non-hydrogen) atoms. The van der Waals surface area contributed by atoms with Crippen molar-refractivity contribution in [3.05, 3.63) is 53.7 Å². The zero-order valence-electron chi connectivity index (χ0n) is 12.1. The van der Waals surface area contributed by atoms with E-state index >= 15 is 0 Å². The molecule has 3 aromatic rings. The van der Waals surface area contributed by atoms with Crippen LogP contribution in [0.2, 0.25) is 0 Å². The van der Waals surface area contributed by atoms with Gasteiger partial charge in [0, 0.05) is 13.6 Å². The third-order valence-electron chi connectivity index (χ3n) is 3.23. The molecule has 0 saturated heterocycles. The molecule has 2 aromatic heterocycles. The first kappa shape index (κ1) is 15.0. The highest BCUT2D eigenvalue weighted by atomic mass is 32.2. The Hall–Kier alpha value is -1.92. The van der Waals surface area contributed by atoms with Gasteiger partial charge in [-0.2, -0.15) is 0 Å². The summed E-state index contributed by atoms with van der Waals surface area (Å²) in [6.45, 7) is 0.623. The molecule has 0 aliphatic heterocycles. The van der Waals surface area contributed by atoms with Crippen molar-refractivity contribution in [2.75, 3.05) is 12.8 Å². The smallest absolute Gasteiger partial charge is 0.233 e. The fourth-order valence-electron chi connectivity index (χ4n) is 2.05. The molecule has 0 aliphatic rings. The van der Waals surface area contributed by atoms with Crippen LogP contribution in [0.1, 0.15) is 5.56 Å². The van der Waals surface area contributed by atoms with Crippen molar-refractivity contribution < 1.29 is 4.79 Å². The number of amides is 1. The molecule has 1 aromatic carbocycles. The lowest BCUT2D eigenvalue weighted by molar-refractivity contribution is -0.127. The number of carbonyl (C=O) groups is 1. The molecule has 0 unspecified atom stereocenters. The summed E-state index contributed by atoms with van der Waals surface area (Å²) < 4.78 is 1.05. The van der Waals surface area contributed by atoms with Crippen molar-refractivity contribution in [3.8, 4) is 0 Å². The lowest BCUT2D eigenvalue weighted by Crippen LogP contribution is -2.27. The molecule has 0 fully saturated rings. The number of nitrogens with zero attached hydrogens (tertiary/aromatic N) is 3. The fraction of sp³-hybridized carbons (Fsp3) is 0.188. The molecule has 0 spiro atoms. The number of rotatable bonds is 5. The zero-order chi connectivity index (χ0) is 15.4. The van der Waals surface area contributed by atoms with Gasteiger partial charge >= 0.3 is 0 Å². The largest absolute Gasteiger partial charge is 0.341 e. The Kier molecular flexibility index (Phi) is 4.70. The summed E-state index contributed by atoms with van der Waals surface area (Å²) >= 11 is 3.08. The predicted molar refractivity (Wildman–Crippen MR) is 91.1 cm³/mol. The number of thioether (sulfide) groups is 1. The number of carbonyl (C=O) groups excluding carboxylic acids is 1. The summed E-state index contributed by atoms with van der Waals surface area (Å²) in [4.78, 5) is 22.5. The summed E-state index contributed by atoms with van der Waals surface area (Å²) in [5.74, 6) is 0.477. The molecule has 112 valence electrons. The van der Waals surface area contributed by atoms with Crippen molar-refractivity contribution in [2.45, 2.75) is 11.6 Å². The number of fused-ring (bicyclic) bond motifs is 1. The van der Waals surface area contributed by atoms with E-state index in [9.17, 15) is 4.79 Å². The first-order chi connectivity index (χ1) is 10.7. The maximum atomic E-state index is 12.3. The summed E-state index contributed by atoms with van der Waals surface area (Å²) in [5, 5.41) is 2.87. The van der Waals surface area contributed by atoms with E-state index in [4.69, 9.17) is 0 Å². The normalized spacial score (nSPS) is 10.8. The molecule has 6 heteroatoms. The van der Waals surface area contributed by atoms with Crippen molar-refractivity contribution in [2.24, 2.45) is 0 Å². The Morgan fingerprint density at radius 3 is 2.86 bits per heavy atom. The third kappa shape index (κ3) is 3.45. The van der Waals surface area contributed by atoms with Crippen LogP contribution in [-0.4, -0.2) is 33.6 Å². The molecule has 3 rings (SSSR count). The van der Waals surface area contributed by atoms with Crippen LogP contribution in [-0.2, 0) is 11.3 Å². The summed E-state index contributed by atoms with van der Waals surface area (Å²) in [6, 6.07) is 12.0. The molecule has 4 nitrogen and oxygen atoms in total. The van der Waals surface area contributed by atoms with Gasteiger partial charge < -0.3 is 4.90 Å². The molecule has 0 N–H and O–H groups in total. The highest BCUT2D eigenvalue weighted by molar-refractivity contribution is 8.00. The Labute approximate surface area is 137 Å². The maximum absolute atomic E-state index is 12.3. The highest BCUT2D eigenvalue weighted by Crippen LogP contribution is 2.28. The van der Waals surface area contributed by atoms with Crippen LogP contribution < -0.4 is 0 Å². The van der Waals surface area contributed by atoms with E-state index in [1.54, 1.807) is 22.6 Å². The lowest BCUT2D eigenvalue weighted by Gasteiger charge is -2.17. The molecule has 0 radical (unpaired) electrons. The Morgan fingerprint density at radius 2 is 2.05 bits per heavy atom. The molecule has 0 atom stereocenters. The number of hydrogen-bond acceptors (Lipinski definition) is 5. The van der Waals surface area contributed by atoms with Crippen molar-refractivity contribution in [1.29, 1.82) is 0 Å². The maximum Gasteiger partial charge on any atom is 0.233 e. The van der Waals surface area contributed by atoms with Gasteiger partial charge in [0.1, 0.15) is 11.4 Å². The van der Waals surface area contributed by atoms with E-state index in [0.29, 0.717) is 12.3 Å². The van der Waals surface area contributed by atoms with E-state index < -0.39 is 0 Å². The van der Waals surface area contributed by atoms with Crippen LogP contribution in [0.5, 0.6) is 0 Å². The lowest BCUT2D eigenvalue weighted by atomic mass is 10.2. The van der Waals surface area contributed by atoms with E-state index in [2.05, 4.69) is 9.97 Å². The second kappa shape index (κ2) is 6.89. The second-order valence-electron chi connectivity index (χ2n) is 4.84. The van der Waals surface area contributed by atoms with Gasteiger partial charge in [0.25, 0.3) is 0 Å². The minimum absolute atomic E-state index is 0.0946. The van der Waals surface area contributed by atoms with Crippen LogP contribution in [0.3, 0.4) is 0 Å².